The summed E-state index contributed by atoms with van der Waals surface area (Å²) >= 11 is 0. The maximum Gasteiger partial charge on any atom is 0.0762 e. The fourth-order valence-corrected chi connectivity index (χ4v) is 2.33. The number of hydrogen-bond donors (Lipinski definition) is 1. The molecule has 0 aliphatic rings. The second-order valence-electron chi connectivity index (χ2n) is 5.29. The van der Waals surface area contributed by atoms with Crippen molar-refractivity contribution in [3.05, 3.63) is 18.0 Å². The van der Waals surface area contributed by atoms with Crippen molar-refractivity contribution in [2.24, 2.45) is 5.92 Å². The Bertz CT molecular complexity index is 328. The normalized spacial score (nSPS) is 15.0. The molecule has 0 saturated heterocycles. The van der Waals surface area contributed by atoms with Crippen LogP contribution in [0.15, 0.2) is 12.3 Å². The van der Waals surface area contributed by atoms with E-state index in [1.165, 1.54) is 12.8 Å². The van der Waals surface area contributed by atoms with Gasteiger partial charge in [-0.2, -0.15) is 5.10 Å². The molecule has 0 bridgehead atoms. The van der Waals surface area contributed by atoms with Crippen molar-refractivity contribution in [2.45, 2.75) is 72.5 Å². The first-order chi connectivity index (χ1) is 8.62. The van der Waals surface area contributed by atoms with E-state index in [-0.39, 0.29) is 0 Å². The Labute approximate surface area is 112 Å². The molecule has 3 nitrogen and oxygen atoms in total. The average molecular weight is 251 g/mol. The van der Waals surface area contributed by atoms with Gasteiger partial charge in [0.05, 0.1) is 5.69 Å². The number of nitrogens with one attached hydrogen (secondary N) is 1. The highest BCUT2D eigenvalue weighted by Crippen LogP contribution is 2.13. The van der Waals surface area contributed by atoms with Gasteiger partial charge in [0.1, 0.15) is 0 Å². The van der Waals surface area contributed by atoms with E-state index >= 15 is 0 Å². The fourth-order valence-electron chi connectivity index (χ4n) is 2.33. The molecule has 1 N–H and O–H groups in total. The largest absolute Gasteiger partial charge is 0.308 e. The second-order valence-corrected chi connectivity index (χ2v) is 5.29. The van der Waals surface area contributed by atoms with E-state index in [0.29, 0.717) is 12.1 Å². The summed E-state index contributed by atoms with van der Waals surface area (Å²) in [4.78, 5) is 0. The smallest absolute Gasteiger partial charge is 0.0762 e. The van der Waals surface area contributed by atoms with Crippen LogP contribution in [0.2, 0.25) is 0 Å². The van der Waals surface area contributed by atoms with Gasteiger partial charge in [-0.05, 0) is 32.3 Å². The van der Waals surface area contributed by atoms with E-state index in [9.17, 15) is 0 Å². The Morgan fingerprint density at radius 1 is 1.17 bits per heavy atom. The molecule has 2 atom stereocenters. The Hall–Kier alpha value is -0.830. The molecular weight excluding hydrogens is 222 g/mol. The third-order valence-electron chi connectivity index (χ3n) is 4.07. The van der Waals surface area contributed by atoms with Gasteiger partial charge in [-0.15, -0.1) is 0 Å². The summed E-state index contributed by atoms with van der Waals surface area (Å²) in [6.45, 7) is 12.1. The van der Waals surface area contributed by atoms with Crippen LogP contribution in [-0.4, -0.2) is 15.8 Å². The average Bonchev–Trinajstić information content (AvgIpc) is 2.85. The molecule has 0 aliphatic carbocycles. The third-order valence-corrected chi connectivity index (χ3v) is 4.07. The lowest BCUT2D eigenvalue weighted by Crippen LogP contribution is -2.32. The van der Waals surface area contributed by atoms with Crippen LogP contribution < -0.4 is 5.32 Å². The van der Waals surface area contributed by atoms with Crippen LogP contribution >= 0.6 is 0 Å². The number of hydrogen-bond acceptors (Lipinski definition) is 2. The first-order valence-electron chi connectivity index (χ1n) is 7.39. The van der Waals surface area contributed by atoms with Gasteiger partial charge in [0.25, 0.3) is 0 Å². The molecule has 2 unspecified atom stereocenters. The summed E-state index contributed by atoms with van der Waals surface area (Å²) in [5.74, 6) is 0.765. The highest BCUT2D eigenvalue weighted by molar-refractivity contribution is 4.99. The van der Waals surface area contributed by atoms with Crippen LogP contribution in [0.4, 0.5) is 0 Å². The molecule has 1 heterocycles. The monoisotopic (exact) mass is 251 g/mol. The van der Waals surface area contributed by atoms with Gasteiger partial charge in [0.15, 0.2) is 0 Å². The fraction of sp³-hybridized carbons (Fsp3) is 0.800. The zero-order valence-corrected chi connectivity index (χ0v) is 12.6. The first-order valence-corrected chi connectivity index (χ1v) is 7.39. The lowest BCUT2D eigenvalue weighted by Gasteiger charge is -2.22. The minimum atomic E-state index is 0.496. The lowest BCUT2D eigenvalue weighted by molar-refractivity contribution is 0.350. The molecule has 1 aromatic rings. The Morgan fingerprint density at radius 2 is 1.83 bits per heavy atom. The number of nitrogens with zero attached hydrogens (tertiary/aromatic N) is 2. The van der Waals surface area contributed by atoms with Crippen LogP contribution in [0.3, 0.4) is 0 Å². The Balaban J connectivity index is 2.46. The maximum absolute atomic E-state index is 4.62. The highest BCUT2D eigenvalue weighted by atomic mass is 15.3. The highest BCUT2D eigenvalue weighted by Gasteiger charge is 2.13. The predicted octanol–water partition coefficient (Wildman–Crippen LogP) is 3.77. The second kappa shape index (κ2) is 7.57. The maximum atomic E-state index is 4.62. The molecule has 1 aromatic heterocycles. The lowest BCUT2D eigenvalue weighted by atomic mass is 9.95. The Morgan fingerprint density at radius 3 is 2.39 bits per heavy atom. The van der Waals surface area contributed by atoms with Gasteiger partial charge in [-0.1, -0.05) is 33.6 Å². The van der Waals surface area contributed by atoms with Crippen LogP contribution in [0.25, 0.3) is 0 Å². The molecule has 0 radical (unpaired) electrons. The molecule has 0 aliphatic heterocycles. The molecule has 3 heteroatoms. The van der Waals surface area contributed by atoms with Crippen molar-refractivity contribution in [1.82, 2.24) is 15.1 Å². The Kier molecular flexibility index (Phi) is 6.41. The molecule has 104 valence electrons. The van der Waals surface area contributed by atoms with E-state index in [1.54, 1.807) is 0 Å². The van der Waals surface area contributed by atoms with E-state index < -0.39 is 0 Å². The zero-order chi connectivity index (χ0) is 13.5. The van der Waals surface area contributed by atoms with Crippen LogP contribution in [0, 0.1) is 5.92 Å². The van der Waals surface area contributed by atoms with E-state index in [1.807, 2.05) is 0 Å². The summed E-state index contributed by atoms with van der Waals surface area (Å²) in [6, 6.07) is 3.18. The molecule has 1 rings (SSSR count). The first kappa shape index (κ1) is 15.2. The van der Waals surface area contributed by atoms with Gasteiger partial charge in [-0.25, -0.2) is 0 Å². The molecule has 0 spiro atoms. The summed E-state index contributed by atoms with van der Waals surface area (Å²) in [5.41, 5.74) is 1.15. The van der Waals surface area contributed by atoms with E-state index in [0.717, 1.165) is 24.6 Å². The van der Waals surface area contributed by atoms with Crippen molar-refractivity contribution in [3.63, 3.8) is 0 Å². The standard InChI is InChI=1S/C15H29N3/c1-6-12(4)18-10-9-15(17-18)11-16-13(5)14(7-2)8-3/h9-10,12-14,16H,6-8,11H2,1-5H3. The number of aromatic nitrogens is 2. The van der Waals surface area contributed by atoms with Gasteiger partial charge in [-0.3, -0.25) is 4.68 Å². The van der Waals surface area contributed by atoms with Crippen molar-refractivity contribution in [3.8, 4) is 0 Å². The molecule has 0 aromatic carbocycles. The van der Waals surface area contributed by atoms with Crippen LogP contribution in [0.1, 0.15) is 65.6 Å². The molecule has 0 amide bonds. The van der Waals surface area contributed by atoms with Crippen molar-refractivity contribution >= 4 is 0 Å². The minimum absolute atomic E-state index is 0.496. The SMILES string of the molecule is CCC(CC)C(C)NCc1ccn(C(C)CC)n1. The van der Waals surface area contributed by atoms with E-state index in [2.05, 4.69) is 62.0 Å². The minimum Gasteiger partial charge on any atom is -0.308 e. The van der Waals surface area contributed by atoms with Gasteiger partial charge in [0.2, 0.25) is 0 Å². The van der Waals surface area contributed by atoms with Gasteiger partial charge < -0.3 is 5.32 Å². The summed E-state index contributed by atoms with van der Waals surface area (Å²) in [6.07, 6.45) is 5.70. The summed E-state index contributed by atoms with van der Waals surface area (Å²) in [5, 5.41) is 8.21. The molecule has 0 fully saturated rings. The summed E-state index contributed by atoms with van der Waals surface area (Å²) < 4.78 is 2.07. The quantitative estimate of drug-likeness (QED) is 0.762. The molecule has 18 heavy (non-hydrogen) atoms. The van der Waals surface area contributed by atoms with Gasteiger partial charge >= 0.3 is 0 Å². The predicted molar refractivity (Wildman–Crippen MR) is 77.6 cm³/mol. The van der Waals surface area contributed by atoms with Gasteiger partial charge in [0, 0.05) is 24.8 Å². The molecular formula is C15H29N3. The van der Waals surface area contributed by atoms with Crippen LogP contribution in [-0.2, 0) is 6.54 Å². The van der Waals surface area contributed by atoms with Crippen molar-refractivity contribution in [2.75, 3.05) is 0 Å². The number of rotatable bonds is 8. The van der Waals surface area contributed by atoms with E-state index in [4.69, 9.17) is 0 Å². The summed E-state index contributed by atoms with van der Waals surface area (Å²) in [7, 11) is 0. The molecule has 0 saturated carbocycles. The van der Waals surface area contributed by atoms with Crippen molar-refractivity contribution < 1.29 is 0 Å². The topological polar surface area (TPSA) is 29.9 Å². The van der Waals surface area contributed by atoms with Crippen molar-refractivity contribution in [1.29, 1.82) is 0 Å². The third kappa shape index (κ3) is 4.13. The van der Waals surface area contributed by atoms with Crippen LogP contribution in [0.5, 0.6) is 0 Å². The zero-order valence-electron chi connectivity index (χ0n) is 12.6.